The van der Waals surface area contributed by atoms with Crippen LogP contribution in [0.3, 0.4) is 0 Å². The van der Waals surface area contributed by atoms with Gasteiger partial charge in [0.25, 0.3) is 0 Å². The maximum atomic E-state index is 12.1. The Hall–Kier alpha value is -3.48. The standard InChI is InChI=1S/C26H38O13/c1-17(27)5-9-23(31)36-15-21(38-25(33)11-7-19(3)29)13-35-14-22(39-26(34)12-8-20(4)30)16-37-24(32)10-6-18(2)28/h21-22H,5-16H2,1-4H3/t21-,22?/m0/s1. The fourth-order valence-electron chi connectivity index (χ4n) is 2.68. The van der Waals surface area contributed by atoms with E-state index in [2.05, 4.69) is 0 Å². The van der Waals surface area contributed by atoms with Gasteiger partial charge in [-0.1, -0.05) is 0 Å². The van der Waals surface area contributed by atoms with E-state index in [1.54, 1.807) is 0 Å². The van der Waals surface area contributed by atoms with Crippen molar-refractivity contribution in [2.24, 2.45) is 0 Å². The summed E-state index contributed by atoms with van der Waals surface area (Å²) < 4.78 is 26.1. The highest BCUT2D eigenvalue weighted by molar-refractivity contribution is 5.82. The average molecular weight is 559 g/mol. The summed E-state index contributed by atoms with van der Waals surface area (Å²) in [5, 5.41) is 0. The molecule has 2 atom stereocenters. The Morgan fingerprint density at radius 1 is 0.410 bits per heavy atom. The van der Waals surface area contributed by atoms with Gasteiger partial charge in [0.1, 0.15) is 36.3 Å². The van der Waals surface area contributed by atoms with E-state index in [1.165, 1.54) is 27.7 Å². The van der Waals surface area contributed by atoms with E-state index in [9.17, 15) is 38.4 Å². The first-order valence-corrected chi connectivity index (χ1v) is 12.5. The summed E-state index contributed by atoms with van der Waals surface area (Å²) in [6.07, 6.45) is -3.00. The molecule has 0 rings (SSSR count). The first kappa shape index (κ1) is 35.5. The topological polar surface area (TPSA) is 183 Å². The van der Waals surface area contributed by atoms with E-state index in [0.717, 1.165) is 0 Å². The molecule has 0 aromatic rings. The van der Waals surface area contributed by atoms with E-state index < -0.39 is 49.3 Å². The normalized spacial score (nSPS) is 12.0. The second-order valence-electron chi connectivity index (χ2n) is 8.94. The van der Waals surface area contributed by atoms with Crippen molar-refractivity contribution in [3.8, 4) is 0 Å². The fraction of sp³-hybridized carbons (Fsp3) is 0.692. The van der Waals surface area contributed by atoms with Crippen LogP contribution < -0.4 is 0 Å². The van der Waals surface area contributed by atoms with E-state index in [0.29, 0.717) is 0 Å². The van der Waals surface area contributed by atoms with Gasteiger partial charge in [0.15, 0.2) is 12.2 Å². The largest absolute Gasteiger partial charge is 0.462 e. The molecule has 0 fully saturated rings. The molecule has 0 amide bonds. The number of rotatable bonds is 22. The molecule has 13 heteroatoms. The van der Waals surface area contributed by atoms with Gasteiger partial charge < -0.3 is 42.9 Å². The van der Waals surface area contributed by atoms with Crippen LogP contribution in [0.25, 0.3) is 0 Å². The Morgan fingerprint density at radius 2 is 0.692 bits per heavy atom. The van der Waals surface area contributed by atoms with Crippen LogP contribution in [0.2, 0.25) is 0 Å². The number of carbonyl (C=O) groups excluding carboxylic acids is 8. The molecule has 0 saturated carbocycles. The third-order valence-electron chi connectivity index (χ3n) is 4.79. The quantitative estimate of drug-likeness (QED) is 0.137. The molecular formula is C26H38O13. The number of ether oxygens (including phenoxy) is 5. The third kappa shape index (κ3) is 22.2. The monoisotopic (exact) mass is 558 g/mol. The number of esters is 4. The maximum Gasteiger partial charge on any atom is 0.306 e. The molecule has 0 bridgehead atoms. The lowest BCUT2D eigenvalue weighted by Crippen LogP contribution is -2.34. The highest BCUT2D eigenvalue weighted by Gasteiger charge is 2.22. The molecule has 220 valence electrons. The van der Waals surface area contributed by atoms with Crippen molar-refractivity contribution in [3.05, 3.63) is 0 Å². The molecule has 0 saturated heterocycles. The molecule has 0 aliphatic rings. The van der Waals surface area contributed by atoms with Crippen molar-refractivity contribution in [2.45, 2.75) is 91.3 Å². The van der Waals surface area contributed by atoms with Gasteiger partial charge in [-0.05, 0) is 27.7 Å². The van der Waals surface area contributed by atoms with Gasteiger partial charge >= 0.3 is 23.9 Å². The second-order valence-corrected chi connectivity index (χ2v) is 8.94. The van der Waals surface area contributed by atoms with Gasteiger partial charge in [0.2, 0.25) is 0 Å². The summed E-state index contributed by atoms with van der Waals surface area (Å²) in [4.78, 5) is 92.3. The molecule has 13 nitrogen and oxygen atoms in total. The fourth-order valence-corrected chi connectivity index (χ4v) is 2.68. The molecule has 0 spiro atoms. The van der Waals surface area contributed by atoms with Crippen molar-refractivity contribution in [1.82, 2.24) is 0 Å². The lowest BCUT2D eigenvalue weighted by molar-refractivity contribution is -0.169. The Kier molecular flexibility index (Phi) is 18.7. The van der Waals surface area contributed by atoms with Gasteiger partial charge in [-0.25, -0.2) is 0 Å². The molecule has 0 heterocycles. The van der Waals surface area contributed by atoms with E-state index in [1.807, 2.05) is 0 Å². The lowest BCUT2D eigenvalue weighted by atomic mass is 10.2. The van der Waals surface area contributed by atoms with Gasteiger partial charge in [-0.2, -0.15) is 0 Å². The van der Waals surface area contributed by atoms with Crippen molar-refractivity contribution >= 4 is 47.0 Å². The van der Waals surface area contributed by atoms with Gasteiger partial charge in [-0.15, -0.1) is 0 Å². The van der Waals surface area contributed by atoms with Crippen LogP contribution in [0.5, 0.6) is 0 Å². The third-order valence-corrected chi connectivity index (χ3v) is 4.79. The van der Waals surface area contributed by atoms with Crippen LogP contribution in [-0.4, -0.2) is 85.6 Å². The number of Topliss-reactive ketones (excluding diaryl/α,β-unsaturated/α-hetero) is 4. The predicted octanol–water partition coefficient (Wildman–Crippen LogP) is 1.39. The van der Waals surface area contributed by atoms with Crippen LogP contribution in [0, 0.1) is 0 Å². The summed E-state index contributed by atoms with van der Waals surface area (Å²) in [6, 6.07) is 0. The molecule has 0 radical (unpaired) electrons. The maximum absolute atomic E-state index is 12.1. The SMILES string of the molecule is CC(=O)CCC(=O)OCC(COC[C@@H](COC(=O)CCC(C)=O)OC(=O)CCC(C)=O)OC(=O)CCC(C)=O. The first-order valence-electron chi connectivity index (χ1n) is 12.5. The minimum absolute atomic E-state index is 0.0137. The summed E-state index contributed by atoms with van der Waals surface area (Å²) in [6.45, 7) is 3.86. The number of ketones is 4. The molecular weight excluding hydrogens is 520 g/mol. The van der Waals surface area contributed by atoms with Gasteiger partial charge in [-0.3, -0.25) is 19.2 Å². The highest BCUT2D eigenvalue weighted by atomic mass is 16.6. The van der Waals surface area contributed by atoms with Gasteiger partial charge in [0.05, 0.1) is 38.9 Å². The predicted molar refractivity (Wildman–Crippen MR) is 132 cm³/mol. The zero-order chi connectivity index (χ0) is 29.8. The Bertz CT molecular complexity index is 807. The summed E-state index contributed by atoms with van der Waals surface area (Å²) in [5.74, 6) is -3.68. The van der Waals surface area contributed by atoms with E-state index in [4.69, 9.17) is 23.7 Å². The van der Waals surface area contributed by atoms with Crippen molar-refractivity contribution in [3.63, 3.8) is 0 Å². The highest BCUT2D eigenvalue weighted by Crippen LogP contribution is 2.07. The number of hydrogen-bond donors (Lipinski definition) is 0. The molecule has 0 aromatic heterocycles. The molecule has 1 unspecified atom stereocenters. The minimum atomic E-state index is -1.09. The summed E-state index contributed by atoms with van der Waals surface area (Å²) >= 11 is 0. The smallest absolute Gasteiger partial charge is 0.306 e. The van der Waals surface area contributed by atoms with E-state index >= 15 is 0 Å². The van der Waals surface area contributed by atoms with E-state index in [-0.39, 0.29) is 87.7 Å². The van der Waals surface area contributed by atoms with Crippen LogP contribution in [0.15, 0.2) is 0 Å². The van der Waals surface area contributed by atoms with Gasteiger partial charge in [0, 0.05) is 25.7 Å². The molecule has 39 heavy (non-hydrogen) atoms. The van der Waals surface area contributed by atoms with Crippen LogP contribution in [0.4, 0.5) is 0 Å². The van der Waals surface area contributed by atoms with Crippen LogP contribution in [-0.2, 0) is 62.0 Å². The summed E-state index contributed by atoms with van der Waals surface area (Å²) in [7, 11) is 0. The molecule has 0 N–H and O–H groups in total. The number of carbonyl (C=O) groups is 8. The Balaban J connectivity index is 5.12. The molecule has 0 aliphatic heterocycles. The van der Waals surface area contributed by atoms with Crippen molar-refractivity contribution in [2.75, 3.05) is 26.4 Å². The zero-order valence-corrected chi connectivity index (χ0v) is 22.9. The Labute approximate surface area is 227 Å². The Morgan fingerprint density at radius 3 is 0.974 bits per heavy atom. The summed E-state index contributed by atoms with van der Waals surface area (Å²) in [5.41, 5.74) is 0. The van der Waals surface area contributed by atoms with Crippen molar-refractivity contribution in [1.29, 1.82) is 0 Å². The molecule has 0 aromatic carbocycles. The first-order chi connectivity index (χ1) is 18.3. The average Bonchev–Trinajstić information content (AvgIpc) is 2.85. The zero-order valence-electron chi connectivity index (χ0n) is 22.9. The molecule has 0 aliphatic carbocycles. The number of hydrogen-bond acceptors (Lipinski definition) is 13. The second kappa shape index (κ2) is 20.5. The minimum Gasteiger partial charge on any atom is -0.462 e. The lowest BCUT2D eigenvalue weighted by Gasteiger charge is -2.21. The van der Waals surface area contributed by atoms with Crippen LogP contribution in [0.1, 0.15) is 79.1 Å². The van der Waals surface area contributed by atoms with Crippen LogP contribution >= 0.6 is 0 Å². The van der Waals surface area contributed by atoms with Crippen molar-refractivity contribution < 1.29 is 62.0 Å².